The molecule has 0 saturated carbocycles. The molecule has 0 radical (unpaired) electrons. The highest BCUT2D eigenvalue weighted by Gasteiger charge is 2.13. The first-order valence-corrected chi connectivity index (χ1v) is 11.4. The Kier molecular flexibility index (Phi) is 5.15. The predicted molar refractivity (Wildman–Crippen MR) is 133 cm³/mol. The summed E-state index contributed by atoms with van der Waals surface area (Å²) in [4.78, 5) is 0. The van der Waals surface area contributed by atoms with Crippen LogP contribution in [0.3, 0.4) is 0 Å². The van der Waals surface area contributed by atoms with E-state index in [2.05, 4.69) is 115 Å². The Labute approximate surface area is 184 Å². The van der Waals surface area contributed by atoms with E-state index in [1.807, 2.05) is 0 Å². The van der Waals surface area contributed by atoms with Crippen molar-refractivity contribution in [3.63, 3.8) is 0 Å². The summed E-state index contributed by atoms with van der Waals surface area (Å²) in [5, 5.41) is 2.72. The van der Waals surface area contributed by atoms with Crippen LogP contribution in [0.15, 0.2) is 85.2 Å². The first kappa shape index (κ1) is 19.7. The van der Waals surface area contributed by atoms with E-state index in [0.717, 1.165) is 19.3 Å². The maximum Gasteiger partial charge on any atom is 0.0531 e. The van der Waals surface area contributed by atoms with Crippen molar-refractivity contribution in [1.29, 1.82) is 0 Å². The molecular formula is C29H30N2. The zero-order chi connectivity index (χ0) is 21.4. The molecule has 31 heavy (non-hydrogen) atoms. The fourth-order valence-corrected chi connectivity index (χ4v) is 4.79. The van der Waals surface area contributed by atoms with Gasteiger partial charge in [-0.15, -0.1) is 0 Å². The van der Waals surface area contributed by atoms with Gasteiger partial charge in [0.25, 0.3) is 0 Å². The van der Waals surface area contributed by atoms with Gasteiger partial charge in [0.05, 0.1) is 11.0 Å². The molecule has 3 aromatic carbocycles. The summed E-state index contributed by atoms with van der Waals surface area (Å²) in [6, 6.07) is 26.4. The van der Waals surface area contributed by atoms with Gasteiger partial charge in [-0.05, 0) is 60.2 Å². The van der Waals surface area contributed by atoms with Crippen LogP contribution in [-0.4, -0.2) is 9.13 Å². The van der Waals surface area contributed by atoms with Crippen molar-refractivity contribution in [2.45, 2.75) is 40.0 Å². The molecule has 2 aromatic heterocycles. The lowest BCUT2D eigenvalue weighted by Gasteiger charge is -2.10. The molecule has 5 aromatic rings. The average Bonchev–Trinajstić information content (AvgIpc) is 3.33. The quantitative estimate of drug-likeness (QED) is 0.273. The summed E-state index contributed by atoms with van der Waals surface area (Å²) >= 11 is 0. The van der Waals surface area contributed by atoms with Gasteiger partial charge in [0.15, 0.2) is 0 Å². The molecule has 0 fully saturated rings. The molecule has 0 unspecified atom stereocenters. The molecule has 2 heterocycles. The summed E-state index contributed by atoms with van der Waals surface area (Å²) in [7, 11) is 0. The number of aromatic nitrogens is 2. The minimum atomic E-state index is 0.633. The van der Waals surface area contributed by atoms with Gasteiger partial charge in [0.2, 0.25) is 0 Å². The Bertz CT molecular complexity index is 1350. The Hall–Kier alpha value is -3.26. The second-order valence-electron chi connectivity index (χ2n) is 8.95. The fourth-order valence-electron chi connectivity index (χ4n) is 4.79. The van der Waals surface area contributed by atoms with Crippen LogP contribution < -0.4 is 0 Å². The van der Waals surface area contributed by atoms with Gasteiger partial charge in [0, 0.05) is 34.5 Å². The monoisotopic (exact) mass is 406 g/mol. The lowest BCUT2D eigenvalue weighted by atomic mass is 10.0. The minimum absolute atomic E-state index is 0.633. The Morgan fingerprint density at radius 1 is 0.677 bits per heavy atom. The molecule has 0 aliphatic rings. The van der Waals surface area contributed by atoms with Crippen molar-refractivity contribution in [2.75, 3.05) is 0 Å². The fraction of sp³-hybridized carbons (Fsp3) is 0.241. The normalized spacial score (nSPS) is 11.7. The standard InChI is InChI=1S/C29H30N2/c1-4-10-22-19-30(28-15-7-5-13-26(22)28)24-11-9-12-25(18-24)31-20-23(17-21(2)3)27-14-6-8-16-29(27)31/h5-9,11-16,18-21H,4,10,17H2,1-3H3. The van der Waals surface area contributed by atoms with Crippen molar-refractivity contribution in [3.05, 3.63) is 96.3 Å². The van der Waals surface area contributed by atoms with E-state index in [1.54, 1.807) is 0 Å². The molecule has 0 amide bonds. The molecule has 0 aliphatic heterocycles. The summed E-state index contributed by atoms with van der Waals surface area (Å²) in [5.74, 6) is 0.633. The summed E-state index contributed by atoms with van der Waals surface area (Å²) in [5.41, 5.74) is 7.82. The molecule has 0 N–H and O–H groups in total. The van der Waals surface area contributed by atoms with Crippen LogP contribution in [0.25, 0.3) is 33.2 Å². The Balaban J connectivity index is 1.66. The van der Waals surface area contributed by atoms with Crippen LogP contribution >= 0.6 is 0 Å². The molecule has 5 rings (SSSR count). The summed E-state index contributed by atoms with van der Waals surface area (Å²) in [6.45, 7) is 6.83. The van der Waals surface area contributed by atoms with Crippen molar-refractivity contribution < 1.29 is 0 Å². The van der Waals surface area contributed by atoms with Crippen LogP contribution in [0.2, 0.25) is 0 Å². The number of aryl methyl sites for hydroxylation is 1. The van der Waals surface area contributed by atoms with Crippen molar-refractivity contribution >= 4 is 21.8 Å². The highest BCUT2D eigenvalue weighted by atomic mass is 15.0. The van der Waals surface area contributed by atoms with Crippen molar-refractivity contribution in [3.8, 4) is 11.4 Å². The van der Waals surface area contributed by atoms with E-state index < -0.39 is 0 Å². The van der Waals surface area contributed by atoms with Crippen LogP contribution in [0, 0.1) is 5.92 Å². The van der Waals surface area contributed by atoms with Crippen LogP contribution in [-0.2, 0) is 12.8 Å². The number of rotatable bonds is 6. The highest BCUT2D eigenvalue weighted by molar-refractivity contribution is 5.87. The molecule has 0 saturated heterocycles. The van der Waals surface area contributed by atoms with Gasteiger partial charge in [0.1, 0.15) is 0 Å². The second-order valence-corrected chi connectivity index (χ2v) is 8.95. The number of fused-ring (bicyclic) bond motifs is 2. The van der Waals surface area contributed by atoms with Gasteiger partial charge in [-0.1, -0.05) is 69.7 Å². The Morgan fingerprint density at radius 3 is 1.81 bits per heavy atom. The van der Waals surface area contributed by atoms with Gasteiger partial charge in [-0.25, -0.2) is 0 Å². The molecule has 2 nitrogen and oxygen atoms in total. The predicted octanol–water partition coefficient (Wildman–Crippen LogP) is 7.73. The molecule has 0 atom stereocenters. The number of benzene rings is 3. The largest absolute Gasteiger partial charge is 0.316 e. The molecule has 0 aliphatic carbocycles. The first-order chi connectivity index (χ1) is 15.2. The smallest absolute Gasteiger partial charge is 0.0531 e. The van der Waals surface area contributed by atoms with Crippen LogP contribution in [0.5, 0.6) is 0 Å². The van der Waals surface area contributed by atoms with E-state index in [4.69, 9.17) is 0 Å². The van der Waals surface area contributed by atoms with Gasteiger partial charge in [-0.2, -0.15) is 0 Å². The van der Waals surface area contributed by atoms with E-state index in [9.17, 15) is 0 Å². The van der Waals surface area contributed by atoms with Gasteiger partial charge < -0.3 is 9.13 Å². The lowest BCUT2D eigenvalue weighted by Crippen LogP contribution is -1.97. The minimum Gasteiger partial charge on any atom is -0.316 e. The molecule has 0 bridgehead atoms. The van der Waals surface area contributed by atoms with E-state index >= 15 is 0 Å². The zero-order valence-corrected chi connectivity index (χ0v) is 18.7. The molecule has 2 heteroatoms. The van der Waals surface area contributed by atoms with Crippen molar-refractivity contribution in [2.24, 2.45) is 5.92 Å². The molecule has 156 valence electrons. The maximum absolute atomic E-state index is 2.36. The lowest BCUT2D eigenvalue weighted by molar-refractivity contribution is 0.649. The van der Waals surface area contributed by atoms with E-state index in [-0.39, 0.29) is 0 Å². The molecule has 0 spiro atoms. The topological polar surface area (TPSA) is 9.86 Å². The maximum atomic E-state index is 2.36. The van der Waals surface area contributed by atoms with Crippen LogP contribution in [0.4, 0.5) is 0 Å². The second kappa shape index (κ2) is 8.11. The van der Waals surface area contributed by atoms with E-state index in [0.29, 0.717) is 5.92 Å². The number of hydrogen-bond donors (Lipinski definition) is 0. The summed E-state index contributed by atoms with van der Waals surface area (Å²) in [6.07, 6.45) is 8.01. The third-order valence-corrected chi connectivity index (χ3v) is 6.12. The number of para-hydroxylation sites is 2. The van der Waals surface area contributed by atoms with Gasteiger partial charge in [-0.3, -0.25) is 0 Å². The first-order valence-electron chi connectivity index (χ1n) is 11.4. The third-order valence-electron chi connectivity index (χ3n) is 6.12. The molecular weight excluding hydrogens is 376 g/mol. The highest BCUT2D eigenvalue weighted by Crippen LogP contribution is 2.30. The van der Waals surface area contributed by atoms with Crippen molar-refractivity contribution in [1.82, 2.24) is 9.13 Å². The summed E-state index contributed by atoms with van der Waals surface area (Å²) < 4.78 is 4.71. The third kappa shape index (κ3) is 3.57. The van der Waals surface area contributed by atoms with Gasteiger partial charge >= 0.3 is 0 Å². The zero-order valence-electron chi connectivity index (χ0n) is 18.7. The number of hydrogen-bond acceptors (Lipinski definition) is 0. The van der Waals surface area contributed by atoms with E-state index in [1.165, 1.54) is 44.3 Å². The number of nitrogens with zero attached hydrogens (tertiary/aromatic N) is 2. The average molecular weight is 407 g/mol. The SMILES string of the molecule is CCCc1cn(-c2cccc(-n3cc(CC(C)C)c4ccccc43)c2)c2ccccc12. The van der Waals surface area contributed by atoms with Crippen LogP contribution in [0.1, 0.15) is 38.3 Å². The Morgan fingerprint density at radius 2 is 1.23 bits per heavy atom.